The number of hydrogen-bond acceptors (Lipinski definition) is 1. The average molecular weight is 225 g/mol. The molecule has 0 saturated heterocycles. The number of alkyl halides is 4. The van der Waals surface area contributed by atoms with E-state index in [4.69, 9.17) is 11.6 Å². The second-order valence-electron chi connectivity index (χ2n) is 2.80. The maximum atomic E-state index is 12.1. The third-order valence-electron chi connectivity index (χ3n) is 1.73. The summed E-state index contributed by atoms with van der Waals surface area (Å²) >= 11 is 5.07. The number of aliphatic hydroxyl groups excluding tert-OH is 1. The second kappa shape index (κ2) is 4.19. The lowest BCUT2D eigenvalue weighted by atomic mass is 10.1. The second-order valence-corrected chi connectivity index (χ2v) is 3.27. The fourth-order valence-electron chi connectivity index (χ4n) is 0.998. The standard InChI is InChI=1S/C9H8ClF3O/c10-8(9(11,12)13)7(14)6-4-2-1-3-5-6/h1-5,7-8,14H. The van der Waals surface area contributed by atoms with E-state index in [1.165, 1.54) is 12.1 Å². The molecule has 1 rings (SSSR count). The first-order valence-electron chi connectivity index (χ1n) is 3.86. The maximum absolute atomic E-state index is 12.1. The third-order valence-corrected chi connectivity index (χ3v) is 2.22. The molecule has 0 aliphatic heterocycles. The highest BCUT2D eigenvalue weighted by molar-refractivity contribution is 6.21. The Morgan fingerprint density at radius 1 is 1.14 bits per heavy atom. The molecule has 0 bridgehead atoms. The minimum atomic E-state index is -4.60. The molecule has 0 heterocycles. The number of halogens is 4. The van der Waals surface area contributed by atoms with Gasteiger partial charge in [-0.3, -0.25) is 0 Å². The molecule has 0 saturated carbocycles. The van der Waals surface area contributed by atoms with Crippen LogP contribution in [0.1, 0.15) is 11.7 Å². The lowest BCUT2D eigenvalue weighted by Gasteiger charge is -2.19. The molecule has 78 valence electrons. The molecular weight excluding hydrogens is 217 g/mol. The molecule has 1 aromatic carbocycles. The molecule has 5 heteroatoms. The Morgan fingerprint density at radius 2 is 1.64 bits per heavy atom. The Labute approximate surface area is 84.1 Å². The Hall–Kier alpha value is -0.740. The largest absolute Gasteiger partial charge is 0.407 e. The van der Waals surface area contributed by atoms with E-state index in [1.54, 1.807) is 18.2 Å². The lowest BCUT2D eigenvalue weighted by molar-refractivity contribution is -0.149. The molecule has 0 aliphatic rings. The summed E-state index contributed by atoms with van der Waals surface area (Å²) in [6.07, 6.45) is -6.32. The molecule has 1 N–H and O–H groups in total. The Morgan fingerprint density at radius 3 is 2.07 bits per heavy atom. The van der Waals surface area contributed by atoms with Crippen molar-refractivity contribution in [2.24, 2.45) is 0 Å². The van der Waals surface area contributed by atoms with Crippen LogP contribution >= 0.6 is 11.6 Å². The van der Waals surface area contributed by atoms with Gasteiger partial charge in [0.25, 0.3) is 0 Å². The van der Waals surface area contributed by atoms with Crippen molar-refractivity contribution in [1.29, 1.82) is 0 Å². The Kier molecular flexibility index (Phi) is 3.39. The summed E-state index contributed by atoms with van der Waals surface area (Å²) in [5.74, 6) is 0. The molecule has 0 aliphatic carbocycles. The van der Waals surface area contributed by atoms with Gasteiger partial charge in [-0.2, -0.15) is 13.2 Å². The summed E-state index contributed by atoms with van der Waals surface area (Å²) < 4.78 is 36.3. The van der Waals surface area contributed by atoms with Crippen LogP contribution in [0.2, 0.25) is 0 Å². The average Bonchev–Trinajstić information content (AvgIpc) is 2.15. The smallest absolute Gasteiger partial charge is 0.387 e. The molecule has 1 nitrogen and oxygen atoms in total. The van der Waals surface area contributed by atoms with E-state index < -0.39 is 17.7 Å². The molecule has 0 amide bonds. The highest BCUT2D eigenvalue weighted by Crippen LogP contribution is 2.34. The molecule has 0 aromatic heterocycles. The van der Waals surface area contributed by atoms with Crippen LogP contribution < -0.4 is 0 Å². The van der Waals surface area contributed by atoms with Gasteiger partial charge in [0.05, 0.1) is 0 Å². The van der Waals surface area contributed by atoms with E-state index in [0.717, 1.165) is 0 Å². The van der Waals surface area contributed by atoms with Crippen LogP contribution in [0.25, 0.3) is 0 Å². The summed E-state index contributed by atoms with van der Waals surface area (Å²) in [4.78, 5) is 0. The van der Waals surface area contributed by atoms with E-state index in [9.17, 15) is 18.3 Å². The molecule has 1 aromatic rings. The van der Waals surface area contributed by atoms with E-state index in [-0.39, 0.29) is 5.56 Å². The van der Waals surface area contributed by atoms with Crippen LogP contribution in [0.15, 0.2) is 30.3 Å². The topological polar surface area (TPSA) is 20.2 Å². The van der Waals surface area contributed by atoms with Crippen molar-refractivity contribution in [3.05, 3.63) is 35.9 Å². The van der Waals surface area contributed by atoms with Crippen molar-refractivity contribution in [2.45, 2.75) is 17.7 Å². The fourth-order valence-corrected chi connectivity index (χ4v) is 1.14. The van der Waals surface area contributed by atoms with Crippen molar-refractivity contribution in [1.82, 2.24) is 0 Å². The zero-order valence-electron chi connectivity index (χ0n) is 7.00. The molecule has 0 spiro atoms. The van der Waals surface area contributed by atoms with Gasteiger partial charge in [-0.05, 0) is 5.56 Å². The van der Waals surface area contributed by atoms with Crippen molar-refractivity contribution < 1.29 is 18.3 Å². The fraction of sp³-hybridized carbons (Fsp3) is 0.333. The first kappa shape index (κ1) is 11.3. The van der Waals surface area contributed by atoms with Crippen molar-refractivity contribution in [3.63, 3.8) is 0 Å². The monoisotopic (exact) mass is 224 g/mol. The zero-order chi connectivity index (χ0) is 10.8. The predicted molar refractivity (Wildman–Crippen MR) is 47.1 cm³/mol. The van der Waals surface area contributed by atoms with Crippen LogP contribution in [0.5, 0.6) is 0 Å². The molecule has 0 fully saturated rings. The van der Waals surface area contributed by atoms with Gasteiger partial charge in [0.15, 0.2) is 5.38 Å². The SMILES string of the molecule is OC(c1ccccc1)C(Cl)C(F)(F)F. The summed E-state index contributed by atoms with van der Waals surface area (Å²) in [7, 11) is 0. The van der Waals surface area contributed by atoms with Gasteiger partial charge in [0, 0.05) is 0 Å². The van der Waals surface area contributed by atoms with E-state index in [2.05, 4.69) is 0 Å². The van der Waals surface area contributed by atoms with Crippen LogP contribution in [0, 0.1) is 0 Å². The maximum Gasteiger partial charge on any atom is 0.407 e. The molecule has 0 radical (unpaired) electrons. The normalized spacial score (nSPS) is 16.4. The van der Waals surface area contributed by atoms with Gasteiger partial charge >= 0.3 is 6.18 Å². The Balaban J connectivity index is 2.81. The highest BCUT2D eigenvalue weighted by atomic mass is 35.5. The van der Waals surface area contributed by atoms with E-state index in [1.807, 2.05) is 0 Å². The van der Waals surface area contributed by atoms with Crippen molar-refractivity contribution in [3.8, 4) is 0 Å². The van der Waals surface area contributed by atoms with Gasteiger partial charge in [0.1, 0.15) is 6.10 Å². The molecular formula is C9H8ClF3O. The summed E-state index contributed by atoms with van der Waals surface area (Å²) in [6, 6.07) is 7.52. The first-order chi connectivity index (χ1) is 6.43. The number of benzene rings is 1. The minimum absolute atomic E-state index is 0.157. The van der Waals surface area contributed by atoms with Crippen molar-refractivity contribution in [2.75, 3.05) is 0 Å². The lowest BCUT2D eigenvalue weighted by Crippen LogP contribution is -2.29. The summed E-state index contributed by atoms with van der Waals surface area (Å²) in [5, 5.41) is 7.00. The van der Waals surface area contributed by atoms with E-state index >= 15 is 0 Å². The summed E-state index contributed by atoms with van der Waals surface area (Å²) in [5.41, 5.74) is 0.157. The van der Waals surface area contributed by atoms with Crippen LogP contribution in [-0.4, -0.2) is 16.7 Å². The number of rotatable bonds is 2. The first-order valence-corrected chi connectivity index (χ1v) is 4.30. The predicted octanol–water partition coefficient (Wildman–Crippen LogP) is 2.89. The quantitative estimate of drug-likeness (QED) is 0.766. The number of aliphatic hydroxyl groups is 1. The summed E-state index contributed by atoms with van der Waals surface area (Å²) in [6.45, 7) is 0. The number of hydrogen-bond donors (Lipinski definition) is 1. The Bertz CT molecular complexity index is 286. The van der Waals surface area contributed by atoms with Gasteiger partial charge in [-0.1, -0.05) is 30.3 Å². The van der Waals surface area contributed by atoms with Gasteiger partial charge in [-0.15, -0.1) is 11.6 Å². The van der Waals surface area contributed by atoms with Crippen LogP contribution in [0.4, 0.5) is 13.2 Å². The van der Waals surface area contributed by atoms with Crippen molar-refractivity contribution >= 4 is 11.6 Å². The highest BCUT2D eigenvalue weighted by Gasteiger charge is 2.43. The zero-order valence-corrected chi connectivity index (χ0v) is 7.76. The van der Waals surface area contributed by atoms with Crippen LogP contribution in [0.3, 0.4) is 0 Å². The van der Waals surface area contributed by atoms with E-state index in [0.29, 0.717) is 0 Å². The third kappa shape index (κ3) is 2.62. The molecule has 2 unspecified atom stereocenters. The van der Waals surface area contributed by atoms with Gasteiger partial charge in [-0.25, -0.2) is 0 Å². The minimum Gasteiger partial charge on any atom is -0.387 e. The van der Waals surface area contributed by atoms with Gasteiger partial charge in [0.2, 0.25) is 0 Å². The molecule has 2 atom stereocenters. The van der Waals surface area contributed by atoms with Gasteiger partial charge < -0.3 is 5.11 Å². The molecule has 14 heavy (non-hydrogen) atoms. The van der Waals surface area contributed by atoms with Crippen LogP contribution in [-0.2, 0) is 0 Å².